The van der Waals surface area contributed by atoms with E-state index in [9.17, 15) is 4.79 Å². The molecule has 6 unspecified atom stereocenters. The van der Waals surface area contributed by atoms with Crippen molar-refractivity contribution in [1.82, 2.24) is 4.90 Å². The van der Waals surface area contributed by atoms with Gasteiger partial charge in [0.1, 0.15) is 0 Å². The Labute approximate surface area is 120 Å². The molecule has 4 rings (SSSR count). The van der Waals surface area contributed by atoms with Gasteiger partial charge in [0, 0.05) is 36.9 Å². The third-order valence-corrected chi connectivity index (χ3v) is 5.59. The molecule has 108 valence electrons. The molecule has 3 saturated heterocycles. The van der Waals surface area contributed by atoms with E-state index in [0.29, 0.717) is 30.0 Å². The number of ether oxygens (including phenoxy) is 1. The van der Waals surface area contributed by atoms with Crippen molar-refractivity contribution in [3.63, 3.8) is 0 Å². The molecule has 6 atom stereocenters. The molecule has 3 aliphatic heterocycles. The molecule has 0 aromatic heterocycles. The molecule has 4 nitrogen and oxygen atoms in total. The first-order chi connectivity index (χ1) is 8.72. The number of carbonyl (C=O) groups is 1. The number of amides is 1. The van der Waals surface area contributed by atoms with Gasteiger partial charge in [0.25, 0.3) is 0 Å². The van der Waals surface area contributed by atoms with E-state index in [1.165, 1.54) is 12.8 Å². The minimum Gasteiger partial charge on any atom is -0.374 e. The molecule has 5 heteroatoms. The number of fused-ring (bicyclic) bond motifs is 5. The van der Waals surface area contributed by atoms with E-state index in [-0.39, 0.29) is 24.4 Å². The number of nitrogens with zero attached hydrogens (tertiary/aromatic N) is 1. The Hall–Kier alpha value is -0.320. The standard InChI is InChI=1S/C14H22N2O2.ClH/c15-9-2-1-8(5-9)14(17)16-6-10-11(7-16)13-4-3-12(10)18-13;/h8-13H,1-7,15H2;1H. The van der Waals surface area contributed by atoms with Crippen LogP contribution < -0.4 is 5.73 Å². The lowest BCUT2D eigenvalue weighted by molar-refractivity contribution is -0.135. The summed E-state index contributed by atoms with van der Waals surface area (Å²) < 4.78 is 5.95. The van der Waals surface area contributed by atoms with E-state index in [1.54, 1.807) is 0 Å². The molecule has 19 heavy (non-hydrogen) atoms. The predicted molar refractivity (Wildman–Crippen MR) is 74.0 cm³/mol. The van der Waals surface area contributed by atoms with Crippen LogP contribution in [-0.4, -0.2) is 42.1 Å². The lowest BCUT2D eigenvalue weighted by atomic mass is 9.82. The normalized spacial score (nSPS) is 47.3. The molecule has 0 spiro atoms. The molecule has 0 aromatic carbocycles. The first kappa shape index (κ1) is 13.7. The second-order valence-corrected chi connectivity index (χ2v) is 6.63. The second-order valence-electron chi connectivity index (χ2n) is 6.63. The number of carbonyl (C=O) groups excluding carboxylic acids is 1. The van der Waals surface area contributed by atoms with Crippen molar-refractivity contribution >= 4 is 18.3 Å². The van der Waals surface area contributed by atoms with Gasteiger partial charge in [-0.3, -0.25) is 4.79 Å². The van der Waals surface area contributed by atoms with E-state index < -0.39 is 0 Å². The first-order valence-corrected chi connectivity index (χ1v) is 7.42. The Kier molecular flexibility index (Phi) is 3.52. The van der Waals surface area contributed by atoms with Gasteiger partial charge < -0.3 is 15.4 Å². The highest BCUT2D eigenvalue weighted by Gasteiger charge is 2.54. The minimum atomic E-state index is 0. The van der Waals surface area contributed by atoms with Crippen LogP contribution in [0.15, 0.2) is 0 Å². The maximum absolute atomic E-state index is 12.5. The Morgan fingerprint density at radius 3 is 2.21 bits per heavy atom. The summed E-state index contributed by atoms with van der Waals surface area (Å²) in [6, 6.07) is 0.251. The van der Waals surface area contributed by atoms with Crippen molar-refractivity contribution in [2.75, 3.05) is 13.1 Å². The summed E-state index contributed by atoms with van der Waals surface area (Å²) in [4.78, 5) is 14.6. The summed E-state index contributed by atoms with van der Waals surface area (Å²) in [5.41, 5.74) is 5.92. The van der Waals surface area contributed by atoms with Gasteiger partial charge in [0.2, 0.25) is 5.91 Å². The van der Waals surface area contributed by atoms with Crippen LogP contribution in [0.1, 0.15) is 32.1 Å². The molecule has 1 amide bonds. The molecule has 4 fully saturated rings. The quantitative estimate of drug-likeness (QED) is 0.787. The van der Waals surface area contributed by atoms with Gasteiger partial charge in [-0.15, -0.1) is 12.4 Å². The van der Waals surface area contributed by atoms with E-state index in [1.807, 2.05) is 0 Å². The zero-order valence-electron chi connectivity index (χ0n) is 11.2. The van der Waals surface area contributed by atoms with Crippen LogP contribution in [-0.2, 0) is 9.53 Å². The fraction of sp³-hybridized carbons (Fsp3) is 0.929. The Bertz CT molecular complexity index is 360. The van der Waals surface area contributed by atoms with Crippen molar-refractivity contribution in [3.05, 3.63) is 0 Å². The van der Waals surface area contributed by atoms with Crippen LogP contribution in [0.25, 0.3) is 0 Å². The van der Waals surface area contributed by atoms with Gasteiger partial charge in [-0.05, 0) is 32.1 Å². The third-order valence-electron chi connectivity index (χ3n) is 5.59. The number of halogens is 1. The molecule has 0 aromatic rings. The lowest BCUT2D eigenvalue weighted by Crippen LogP contribution is -2.36. The Morgan fingerprint density at radius 2 is 1.68 bits per heavy atom. The molecule has 4 aliphatic rings. The van der Waals surface area contributed by atoms with E-state index in [2.05, 4.69) is 4.90 Å². The molecular formula is C14H23ClN2O2. The van der Waals surface area contributed by atoms with Crippen LogP contribution in [0.3, 0.4) is 0 Å². The van der Waals surface area contributed by atoms with Crippen LogP contribution >= 0.6 is 12.4 Å². The van der Waals surface area contributed by atoms with Crippen LogP contribution in [0, 0.1) is 17.8 Å². The zero-order chi connectivity index (χ0) is 12.3. The van der Waals surface area contributed by atoms with Gasteiger partial charge in [-0.25, -0.2) is 0 Å². The van der Waals surface area contributed by atoms with Crippen LogP contribution in [0.4, 0.5) is 0 Å². The SMILES string of the molecule is Cl.NC1CCC(C(=O)N2CC3C4CCC(O4)C3C2)C1. The lowest BCUT2D eigenvalue weighted by Gasteiger charge is -2.22. The molecule has 3 heterocycles. The summed E-state index contributed by atoms with van der Waals surface area (Å²) in [5.74, 6) is 1.83. The van der Waals surface area contributed by atoms with Gasteiger partial charge >= 0.3 is 0 Å². The largest absolute Gasteiger partial charge is 0.374 e. The van der Waals surface area contributed by atoms with Gasteiger partial charge in [0.15, 0.2) is 0 Å². The number of hydrogen-bond donors (Lipinski definition) is 1. The van der Waals surface area contributed by atoms with Gasteiger partial charge in [-0.1, -0.05) is 0 Å². The topological polar surface area (TPSA) is 55.6 Å². The summed E-state index contributed by atoms with van der Waals surface area (Å²) in [5, 5.41) is 0. The average Bonchev–Trinajstić information content (AvgIpc) is 3.09. The number of likely N-dealkylation sites (tertiary alicyclic amines) is 1. The maximum Gasteiger partial charge on any atom is 0.225 e. The fourth-order valence-electron chi connectivity index (χ4n) is 4.64. The number of hydrogen-bond acceptors (Lipinski definition) is 3. The molecule has 0 radical (unpaired) electrons. The monoisotopic (exact) mass is 286 g/mol. The van der Waals surface area contributed by atoms with Crippen molar-refractivity contribution in [2.45, 2.75) is 50.4 Å². The fourth-order valence-corrected chi connectivity index (χ4v) is 4.64. The second kappa shape index (κ2) is 4.90. The van der Waals surface area contributed by atoms with Crippen LogP contribution in [0.5, 0.6) is 0 Å². The maximum atomic E-state index is 12.5. The highest BCUT2D eigenvalue weighted by atomic mass is 35.5. The van der Waals surface area contributed by atoms with E-state index >= 15 is 0 Å². The predicted octanol–water partition coefficient (Wildman–Crippen LogP) is 1.17. The van der Waals surface area contributed by atoms with Gasteiger partial charge in [0.05, 0.1) is 12.2 Å². The summed E-state index contributed by atoms with van der Waals surface area (Å²) in [7, 11) is 0. The van der Waals surface area contributed by atoms with Crippen molar-refractivity contribution in [2.24, 2.45) is 23.5 Å². The van der Waals surface area contributed by atoms with Gasteiger partial charge in [-0.2, -0.15) is 0 Å². The Morgan fingerprint density at radius 1 is 1.05 bits per heavy atom. The third kappa shape index (κ3) is 2.08. The van der Waals surface area contributed by atoms with Crippen molar-refractivity contribution in [3.8, 4) is 0 Å². The molecule has 2 bridgehead atoms. The van der Waals surface area contributed by atoms with Crippen molar-refractivity contribution in [1.29, 1.82) is 0 Å². The smallest absolute Gasteiger partial charge is 0.225 e. The Balaban J connectivity index is 0.00000110. The summed E-state index contributed by atoms with van der Waals surface area (Å²) >= 11 is 0. The highest BCUT2D eigenvalue weighted by molar-refractivity contribution is 5.85. The molecule has 2 N–H and O–H groups in total. The average molecular weight is 287 g/mol. The number of nitrogens with two attached hydrogens (primary N) is 1. The molecule has 1 saturated carbocycles. The van der Waals surface area contributed by atoms with E-state index in [4.69, 9.17) is 10.5 Å². The summed E-state index contributed by atoms with van der Waals surface area (Å²) in [6.45, 7) is 1.88. The van der Waals surface area contributed by atoms with Crippen LogP contribution in [0.2, 0.25) is 0 Å². The molecule has 1 aliphatic carbocycles. The minimum absolute atomic E-state index is 0. The first-order valence-electron chi connectivity index (χ1n) is 7.42. The number of rotatable bonds is 1. The van der Waals surface area contributed by atoms with Crippen molar-refractivity contribution < 1.29 is 9.53 Å². The highest BCUT2D eigenvalue weighted by Crippen LogP contribution is 2.47. The zero-order valence-corrected chi connectivity index (χ0v) is 12.0. The summed E-state index contributed by atoms with van der Waals surface area (Å²) in [6.07, 6.45) is 6.23. The van der Waals surface area contributed by atoms with E-state index in [0.717, 1.165) is 32.4 Å². The molecular weight excluding hydrogens is 264 g/mol.